The lowest BCUT2D eigenvalue weighted by Crippen LogP contribution is -2.54. The van der Waals surface area contributed by atoms with E-state index in [1.807, 2.05) is 0 Å². The largest absolute Gasteiger partial charge is 0.480 e. The maximum absolute atomic E-state index is 11.9. The van der Waals surface area contributed by atoms with Crippen LogP contribution in [0.4, 0.5) is 4.79 Å². The van der Waals surface area contributed by atoms with E-state index in [4.69, 9.17) is 5.11 Å². The lowest BCUT2D eigenvalue weighted by atomic mass is 10.1. The summed E-state index contributed by atoms with van der Waals surface area (Å²) in [6.07, 6.45) is 3.21. The van der Waals surface area contributed by atoms with E-state index >= 15 is 0 Å². The maximum Gasteiger partial charge on any atom is 0.326 e. The Labute approximate surface area is 110 Å². The lowest BCUT2D eigenvalue weighted by Gasteiger charge is -2.28. The fraction of sp³-hybridized carbons (Fsp3) is 0.545. The van der Waals surface area contributed by atoms with Gasteiger partial charge >= 0.3 is 12.0 Å². The van der Waals surface area contributed by atoms with Crippen LogP contribution >= 0.6 is 0 Å². The van der Waals surface area contributed by atoms with Gasteiger partial charge in [-0.3, -0.25) is 0 Å². The quantitative estimate of drug-likeness (QED) is 0.560. The van der Waals surface area contributed by atoms with Crippen molar-refractivity contribution in [1.82, 2.24) is 25.5 Å². The minimum Gasteiger partial charge on any atom is -0.480 e. The summed E-state index contributed by atoms with van der Waals surface area (Å²) in [5.74, 6) is -1.06. The number of aromatic nitrogens is 2. The van der Waals surface area contributed by atoms with Crippen molar-refractivity contribution in [1.29, 1.82) is 0 Å². The van der Waals surface area contributed by atoms with Crippen molar-refractivity contribution in [3.63, 3.8) is 0 Å². The Morgan fingerprint density at radius 2 is 2.21 bits per heavy atom. The van der Waals surface area contributed by atoms with Gasteiger partial charge in [-0.15, -0.1) is 0 Å². The number of carbonyl (C=O) groups is 2. The number of nitrogens with zero attached hydrogens (tertiary/aromatic N) is 2. The Morgan fingerprint density at radius 3 is 2.79 bits per heavy atom. The van der Waals surface area contributed by atoms with E-state index in [9.17, 15) is 9.59 Å². The number of carbonyl (C=O) groups excluding carboxylic acids is 1. The van der Waals surface area contributed by atoms with E-state index in [-0.39, 0.29) is 12.5 Å². The van der Waals surface area contributed by atoms with Crippen LogP contribution in [0.2, 0.25) is 0 Å². The number of H-pyrrole nitrogens is 1. The van der Waals surface area contributed by atoms with E-state index in [1.165, 1.54) is 6.33 Å². The minimum absolute atomic E-state index is 0.188. The highest BCUT2D eigenvalue weighted by Gasteiger charge is 2.24. The van der Waals surface area contributed by atoms with Gasteiger partial charge in [0.05, 0.1) is 6.33 Å². The van der Waals surface area contributed by atoms with Gasteiger partial charge in [0, 0.05) is 44.5 Å². The first-order valence-electron chi connectivity index (χ1n) is 6.13. The molecule has 2 amide bonds. The first-order valence-corrected chi connectivity index (χ1v) is 6.13. The summed E-state index contributed by atoms with van der Waals surface area (Å²) in [7, 11) is 0. The number of piperazine rings is 1. The van der Waals surface area contributed by atoms with Crippen LogP contribution in [0.3, 0.4) is 0 Å². The first kappa shape index (κ1) is 13.3. The summed E-state index contributed by atoms with van der Waals surface area (Å²) >= 11 is 0. The van der Waals surface area contributed by atoms with Crippen LogP contribution in [0.1, 0.15) is 5.69 Å². The van der Waals surface area contributed by atoms with Gasteiger partial charge in [-0.05, 0) is 0 Å². The molecule has 1 aromatic heterocycles. The highest BCUT2D eigenvalue weighted by molar-refractivity contribution is 5.82. The van der Waals surface area contributed by atoms with Crippen molar-refractivity contribution in [3.8, 4) is 0 Å². The summed E-state index contributed by atoms with van der Waals surface area (Å²) in [6, 6.07) is -1.30. The summed E-state index contributed by atoms with van der Waals surface area (Å²) in [5.41, 5.74) is 0.674. The van der Waals surface area contributed by atoms with Crippen LogP contribution in [-0.2, 0) is 11.2 Å². The van der Waals surface area contributed by atoms with Gasteiger partial charge in [-0.1, -0.05) is 0 Å². The van der Waals surface area contributed by atoms with E-state index < -0.39 is 12.0 Å². The third-order valence-electron chi connectivity index (χ3n) is 2.98. The van der Waals surface area contributed by atoms with Crippen LogP contribution in [0, 0.1) is 0 Å². The van der Waals surface area contributed by atoms with Crippen LogP contribution < -0.4 is 10.6 Å². The molecule has 0 aromatic carbocycles. The van der Waals surface area contributed by atoms with Gasteiger partial charge in [0.2, 0.25) is 0 Å². The molecule has 0 aliphatic carbocycles. The molecular weight excluding hydrogens is 250 g/mol. The number of urea groups is 1. The second kappa shape index (κ2) is 6.19. The molecule has 19 heavy (non-hydrogen) atoms. The molecule has 1 aromatic rings. The summed E-state index contributed by atoms with van der Waals surface area (Å²) in [4.78, 5) is 31.4. The Hall–Kier alpha value is -2.09. The van der Waals surface area contributed by atoms with Crippen molar-refractivity contribution in [2.24, 2.45) is 0 Å². The van der Waals surface area contributed by atoms with Gasteiger partial charge in [0.25, 0.3) is 0 Å². The zero-order valence-corrected chi connectivity index (χ0v) is 10.4. The molecule has 1 fully saturated rings. The molecule has 104 valence electrons. The number of hydrogen-bond donors (Lipinski definition) is 4. The molecule has 0 spiro atoms. The number of carboxylic acids is 1. The molecule has 0 radical (unpaired) electrons. The fourth-order valence-corrected chi connectivity index (χ4v) is 1.92. The standard InChI is InChI=1S/C11H17N5O3/c17-10(18)9(5-8-6-13-7-14-8)15-11(19)16-3-1-12-2-4-16/h6-7,9,12H,1-5H2,(H,13,14)(H,15,19)(H,17,18)/t9-/m0/s1. The van der Waals surface area contributed by atoms with Crippen molar-refractivity contribution in [2.75, 3.05) is 26.2 Å². The molecule has 4 N–H and O–H groups in total. The van der Waals surface area contributed by atoms with Crippen molar-refractivity contribution < 1.29 is 14.7 Å². The Morgan fingerprint density at radius 1 is 1.47 bits per heavy atom. The van der Waals surface area contributed by atoms with E-state index in [1.54, 1.807) is 11.1 Å². The van der Waals surface area contributed by atoms with Crippen molar-refractivity contribution in [2.45, 2.75) is 12.5 Å². The number of rotatable bonds is 4. The second-order valence-electron chi connectivity index (χ2n) is 4.36. The van der Waals surface area contributed by atoms with Gasteiger partial charge in [-0.25, -0.2) is 14.6 Å². The predicted octanol–water partition coefficient (Wildman–Crippen LogP) is -0.980. The zero-order valence-electron chi connectivity index (χ0n) is 10.4. The van der Waals surface area contributed by atoms with Gasteiger partial charge in [-0.2, -0.15) is 0 Å². The molecule has 1 aliphatic heterocycles. The van der Waals surface area contributed by atoms with Gasteiger partial charge in [0.15, 0.2) is 0 Å². The van der Waals surface area contributed by atoms with E-state index in [2.05, 4.69) is 20.6 Å². The van der Waals surface area contributed by atoms with Gasteiger partial charge < -0.3 is 25.6 Å². The molecule has 8 nitrogen and oxygen atoms in total. The second-order valence-corrected chi connectivity index (χ2v) is 4.36. The highest BCUT2D eigenvalue weighted by Crippen LogP contribution is 2.01. The summed E-state index contributed by atoms with van der Waals surface area (Å²) in [6.45, 7) is 2.63. The lowest BCUT2D eigenvalue weighted by molar-refractivity contribution is -0.139. The topological polar surface area (TPSA) is 110 Å². The average Bonchev–Trinajstić information content (AvgIpc) is 2.91. The van der Waals surface area contributed by atoms with E-state index in [0.29, 0.717) is 18.8 Å². The third kappa shape index (κ3) is 3.68. The molecule has 0 unspecified atom stereocenters. The van der Waals surface area contributed by atoms with Crippen LogP contribution in [0.15, 0.2) is 12.5 Å². The molecule has 0 saturated carbocycles. The van der Waals surface area contributed by atoms with Crippen LogP contribution in [-0.4, -0.2) is 64.2 Å². The van der Waals surface area contributed by atoms with Gasteiger partial charge in [0.1, 0.15) is 6.04 Å². The average molecular weight is 267 g/mol. The molecular formula is C11H17N5O3. The predicted molar refractivity (Wildman–Crippen MR) is 66.7 cm³/mol. The molecule has 8 heteroatoms. The number of amides is 2. The van der Waals surface area contributed by atoms with Crippen LogP contribution in [0.5, 0.6) is 0 Å². The third-order valence-corrected chi connectivity index (χ3v) is 2.98. The number of imidazole rings is 1. The van der Waals surface area contributed by atoms with Crippen LogP contribution in [0.25, 0.3) is 0 Å². The molecule has 1 atom stereocenters. The molecule has 0 bridgehead atoms. The van der Waals surface area contributed by atoms with E-state index in [0.717, 1.165) is 13.1 Å². The minimum atomic E-state index is -1.06. The van der Waals surface area contributed by atoms with Crippen molar-refractivity contribution >= 4 is 12.0 Å². The Balaban J connectivity index is 1.92. The molecule has 2 heterocycles. The molecule has 2 rings (SSSR count). The number of aliphatic carboxylic acids is 1. The maximum atomic E-state index is 11.9. The fourth-order valence-electron chi connectivity index (χ4n) is 1.92. The van der Waals surface area contributed by atoms with Crippen molar-refractivity contribution in [3.05, 3.63) is 18.2 Å². The number of aromatic amines is 1. The summed E-state index contributed by atoms with van der Waals surface area (Å²) in [5, 5.41) is 14.8. The molecule has 1 saturated heterocycles. The number of nitrogens with one attached hydrogen (secondary N) is 3. The zero-order chi connectivity index (χ0) is 13.7. The molecule has 1 aliphatic rings. The summed E-state index contributed by atoms with van der Waals surface area (Å²) < 4.78 is 0. The highest BCUT2D eigenvalue weighted by atomic mass is 16.4. The smallest absolute Gasteiger partial charge is 0.326 e. The normalized spacial score (nSPS) is 16.9. The monoisotopic (exact) mass is 267 g/mol. The first-order chi connectivity index (χ1) is 9.16. The number of hydrogen-bond acceptors (Lipinski definition) is 4. The number of carboxylic acid groups (broad SMARTS) is 1. The SMILES string of the molecule is O=C(O)[C@H](Cc1cnc[nH]1)NC(=O)N1CCNCC1. The Bertz CT molecular complexity index is 428. The Kier molecular flexibility index (Phi) is 4.35.